The quantitative estimate of drug-likeness (QED) is 0.789. The van der Waals surface area contributed by atoms with E-state index in [-0.39, 0.29) is 6.04 Å². The van der Waals surface area contributed by atoms with Gasteiger partial charge >= 0.3 is 0 Å². The Morgan fingerprint density at radius 3 is 2.75 bits per heavy atom. The molecule has 0 bridgehead atoms. The lowest BCUT2D eigenvalue weighted by atomic mass is 10.0. The Morgan fingerprint density at radius 2 is 1.90 bits per heavy atom. The molecule has 3 nitrogen and oxygen atoms in total. The van der Waals surface area contributed by atoms with Crippen molar-refractivity contribution in [3.8, 4) is 0 Å². The Balaban J connectivity index is 1.87. The fraction of sp³-hybridized carbons (Fsp3) is 0.176. The molecule has 0 fully saturated rings. The SMILES string of the molecule is Cc1cccnc1C(N)Cc1ccc2ccccc2n1. The monoisotopic (exact) mass is 263 g/mol. The van der Waals surface area contributed by atoms with Gasteiger partial charge in [0.05, 0.1) is 17.3 Å². The zero-order valence-electron chi connectivity index (χ0n) is 11.5. The van der Waals surface area contributed by atoms with Crippen LogP contribution in [0.4, 0.5) is 0 Å². The highest BCUT2D eigenvalue weighted by atomic mass is 14.8. The standard InChI is InChI=1S/C17H17N3/c1-12-5-4-10-19-17(12)15(18)11-14-9-8-13-6-2-3-7-16(13)20-14/h2-10,15H,11,18H2,1H3. The van der Waals surface area contributed by atoms with E-state index in [1.54, 1.807) is 6.20 Å². The fourth-order valence-corrected chi connectivity index (χ4v) is 2.43. The van der Waals surface area contributed by atoms with Crippen molar-refractivity contribution >= 4 is 10.9 Å². The number of hydrogen-bond acceptors (Lipinski definition) is 3. The van der Waals surface area contributed by atoms with Crippen LogP contribution in [0.2, 0.25) is 0 Å². The summed E-state index contributed by atoms with van der Waals surface area (Å²) < 4.78 is 0. The maximum Gasteiger partial charge on any atom is 0.0705 e. The average Bonchev–Trinajstić information content (AvgIpc) is 2.47. The van der Waals surface area contributed by atoms with Gasteiger partial charge < -0.3 is 5.73 Å². The minimum Gasteiger partial charge on any atom is -0.322 e. The number of hydrogen-bond donors (Lipinski definition) is 1. The molecule has 0 aliphatic carbocycles. The first kappa shape index (κ1) is 12.8. The summed E-state index contributed by atoms with van der Waals surface area (Å²) in [6.45, 7) is 2.04. The van der Waals surface area contributed by atoms with Crippen molar-refractivity contribution in [3.63, 3.8) is 0 Å². The van der Waals surface area contributed by atoms with Crippen molar-refractivity contribution in [2.45, 2.75) is 19.4 Å². The maximum absolute atomic E-state index is 6.27. The summed E-state index contributed by atoms with van der Waals surface area (Å²) in [4.78, 5) is 9.05. The minimum atomic E-state index is -0.120. The lowest BCUT2D eigenvalue weighted by Gasteiger charge is -2.13. The molecular weight excluding hydrogens is 246 g/mol. The van der Waals surface area contributed by atoms with E-state index in [1.165, 1.54) is 0 Å². The molecular formula is C17H17N3. The van der Waals surface area contributed by atoms with Crippen molar-refractivity contribution < 1.29 is 0 Å². The van der Waals surface area contributed by atoms with E-state index in [0.717, 1.165) is 27.9 Å². The fourth-order valence-electron chi connectivity index (χ4n) is 2.43. The second-order valence-corrected chi connectivity index (χ2v) is 5.01. The molecule has 2 N–H and O–H groups in total. The Labute approximate surface area is 118 Å². The smallest absolute Gasteiger partial charge is 0.0705 e. The third-order valence-corrected chi connectivity index (χ3v) is 3.49. The highest BCUT2D eigenvalue weighted by molar-refractivity contribution is 5.78. The molecule has 3 rings (SSSR count). The average molecular weight is 263 g/mol. The van der Waals surface area contributed by atoms with Crippen LogP contribution in [0.15, 0.2) is 54.7 Å². The van der Waals surface area contributed by atoms with E-state index in [2.05, 4.69) is 22.1 Å². The topological polar surface area (TPSA) is 51.8 Å². The molecule has 0 saturated carbocycles. The summed E-state index contributed by atoms with van der Waals surface area (Å²) in [5.41, 5.74) is 10.4. The Morgan fingerprint density at radius 1 is 1.05 bits per heavy atom. The molecule has 3 heteroatoms. The van der Waals surface area contributed by atoms with Crippen LogP contribution >= 0.6 is 0 Å². The van der Waals surface area contributed by atoms with Crippen molar-refractivity contribution in [2.75, 3.05) is 0 Å². The number of nitrogens with two attached hydrogens (primary N) is 1. The number of pyridine rings is 2. The normalized spacial score (nSPS) is 12.5. The predicted octanol–water partition coefficient (Wildman–Crippen LogP) is 3.18. The summed E-state index contributed by atoms with van der Waals surface area (Å²) in [5, 5.41) is 1.15. The van der Waals surface area contributed by atoms with Gasteiger partial charge in [0.2, 0.25) is 0 Å². The van der Waals surface area contributed by atoms with Gasteiger partial charge in [-0.3, -0.25) is 9.97 Å². The molecule has 1 aromatic carbocycles. The number of aryl methyl sites for hydroxylation is 1. The first-order valence-corrected chi connectivity index (χ1v) is 6.76. The van der Waals surface area contributed by atoms with Gasteiger partial charge in [0.15, 0.2) is 0 Å². The van der Waals surface area contributed by atoms with E-state index >= 15 is 0 Å². The Bertz CT molecular complexity index is 737. The molecule has 100 valence electrons. The molecule has 0 aliphatic rings. The van der Waals surface area contributed by atoms with Gasteiger partial charge in [-0.15, -0.1) is 0 Å². The number of benzene rings is 1. The number of aromatic nitrogens is 2. The van der Waals surface area contributed by atoms with E-state index in [1.807, 2.05) is 43.3 Å². The molecule has 0 saturated heterocycles. The van der Waals surface area contributed by atoms with Gasteiger partial charge in [0.25, 0.3) is 0 Å². The number of para-hydroxylation sites is 1. The lowest BCUT2D eigenvalue weighted by Crippen LogP contribution is -2.16. The molecule has 0 aliphatic heterocycles. The maximum atomic E-state index is 6.27. The first-order valence-electron chi connectivity index (χ1n) is 6.76. The second kappa shape index (κ2) is 5.39. The third-order valence-electron chi connectivity index (χ3n) is 3.49. The molecule has 0 spiro atoms. The van der Waals surface area contributed by atoms with Crippen LogP contribution in [0.3, 0.4) is 0 Å². The van der Waals surface area contributed by atoms with Gasteiger partial charge in [-0.2, -0.15) is 0 Å². The van der Waals surface area contributed by atoms with E-state index < -0.39 is 0 Å². The summed E-state index contributed by atoms with van der Waals surface area (Å²) >= 11 is 0. The number of fused-ring (bicyclic) bond motifs is 1. The number of nitrogens with zero attached hydrogens (tertiary/aromatic N) is 2. The molecule has 0 amide bonds. The summed E-state index contributed by atoms with van der Waals surface area (Å²) in [6.07, 6.45) is 2.48. The van der Waals surface area contributed by atoms with Crippen molar-refractivity contribution in [1.82, 2.24) is 9.97 Å². The Kier molecular flexibility index (Phi) is 3.44. The van der Waals surface area contributed by atoms with E-state index in [4.69, 9.17) is 5.73 Å². The van der Waals surface area contributed by atoms with Gasteiger partial charge in [0.1, 0.15) is 0 Å². The molecule has 1 unspecified atom stereocenters. The zero-order valence-corrected chi connectivity index (χ0v) is 11.5. The molecule has 1 atom stereocenters. The summed E-state index contributed by atoms with van der Waals surface area (Å²) in [6, 6.07) is 16.1. The van der Waals surface area contributed by atoms with Crippen molar-refractivity contribution in [1.29, 1.82) is 0 Å². The molecule has 0 radical (unpaired) electrons. The van der Waals surface area contributed by atoms with Crippen LogP contribution in [0.5, 0.6) is 0 Å². The first-order chi connectivity index (χ1) is 9.74. The van der Waals surface area contributed by atoms with E-state index in [9.17, 15) is 0 Å². The van der Waals surface area contributed by atoms with Gasteiger partial charge in [0, 0.05) is 23.7 Å². The third kappa shape index (κ3) is 2.53. The van der Waals surface area contributed by atoms with Crippen LogP contribution < -0.4 is 5.73 Å². The Hall–Kier alpha value is -2.26. The molecule has 20 heavy (non-hydrogen) atoms. The largest absolute Gasteiger partial charge is 0.322 e. The highest BCUT2D eigenvalue weighted by Gasteiger charge is 2.11. The van der Waals surface area contributed by atoms with Crippen LogP contribution in [-0.2, 0) is 6.42 Å². The predicted molar refractivity (Wildman–Crippen MR) is 81.3 cm³/mol. The van der Waals surface area contributed by atoms with Gasteiger partial charge in [-0.25, -0.2) is 0 Å². The lowest BCUT2D eigenvalue weighted by molar-refractivity contribution is 0.679. The second-order valence-electron chi connectivity index (χ2n) is 5.01. The van der Waals surface area contributed by atoms with Crippen molar-refractivity contribution in [3.05, 3.63) is 71.7 Å². The number of rotatable bonds is 3. The molecule has 2 aromatic heterocycles. The van der Waals surface area contributed by atoms with Crippen LogP contribution in [0, 0.1) is 6.92 Å². The van der Waals surface area contributed by atoms with Crippen LogP contribution in [-0.4, -0.2) is 9.97 Å². The molecule has 3 aromatic rings. The van der Waals surface area contributed by atoms with Crippen molar-refractivity contribution in [2.24, 2.45) is 5.73 Å². The zero-order chi connectivity index (χ0) is 13.9. The van der Waals surface area contributed by atoms with Gasteiger partial charge in [-0.05, 0) is 30.7 Å². The summed E-state index contributed by atoms with van der Waals surface area (Å²) in [5.74, 6) is 0. The highest BCUT2D eigenvalue weighted by Crippen LogP contribution is 2.18. The van der Waals surface area contributed by atoms with E-state index in [0.29, 0.717) is 6.42 Å². The van der Waals surface area contributed by atoms with Crippen LogP contribution in [0.1, 0.15) is 23.0 Å². The molecule has 2 heterocycles. The van der Waals surface area contributed by atoms with Crippen LogP contribution in [0.25, 0.3) is 10.9 Å². The van der Waals surface area contributed by atoms with Gasteiger partial charge in [-0.1, -0.05) is 30.3 Å². The summed E-state index contributed by atoms with van der Waals surface area (Å²) in [7, 11) is 0. The minimum absolute atomic E-state index is 0.120.